The molecule has 0 bridgehead atoms. The molecule has 0 fully saturated rings. The van der Waals surface area contributed by atoms with Crippen LogP contribution in [0.25, 0.3) is 0 Å². The second-order valence-electron chi connectivity index (χ2n) is 9.38. The smallest absolute Gasteiger partial charge is 0.271 e. The number of carbonyl (C=O) groups excluding carboxylic acids is 1. The van der Waals surface area contributed by atoms with Crippen molar-refractivity contribution in [2.45, 2.75) is 29.8 Å². The van der Waals surface area contributed by atoms with Crippen LogP contribution in [0.5, 0.6) is 5.75 Å². The number of pyridine rings is 1. The Morgan fingerprint density at radius 2 is 1.44 bits per heavy atom. The molecule has 3 aromatic carbocycles. The van der Waals surface area contributed by atoms with Gasteiger partial charge >= 0.3 is 0 Å². The summed E-state index contributed by atoms with van der Waals surface area (Å²) in [5, 5.41) is 4.13. The van der Waals surface area contributed by atoms with Crippen LogP contribution < -0.4 is 14.9 Å². The van der Waals surface area contributed by atoms with E-state index < -0.39 is 26.0 Å². The predicted octanol–water partition coefficient (Wildman–Crippen LogP) is 3.54. The summed E-state index contributed by atoms with van der Waals surface area (Å²) in [5.41, 5.74) is 5.34. The standard InChI is InChI=1S/C30H31N5O6S2/c1-22(25-10-14-28(15-11-25)42(37,38)31-2)33-34-30(36)26-8-6-23(7-9-26)20-35(21-24-5-4-18-32-19-24)43(39,40)29-16-12-27(41-3)13-17-29/h4-19,31H,20-21H2,1-3H3,(H,34,36)/b33-22-. The van der Waals surface area contributed by atoms with Gasteiger partial charge in [0.25, 0.3) is 5.91 Å². The predicted molar refractivity (Wildman–Crippen MR) is 162 cm³/mol. The lowest BCUT2D eigenvalue weighted by Gasteiger charge is -2.22. The molecule has 4 aromatic rings. The third kappa shape index (κ3) is 7.90. The fourth-order valence-electron chi connectivity index (χ4n) is 4.04. The molecular formula is C30H31N5O6S2. The molecule has 4 rings (SSSR count). The molecule has 2 N–H and O–H groups in total. The van der Waals surface area contributed by atoms with Gasteiger partial charge in [-0.3, -0.25) is 9.78 Å². The highest BCUT2D eigenvalue weighted by molar-refractivity contribution is 7.89. The summed E-state index contributed by atoms with van der Waals surface area (Å²) < 4.78 is 59.8. The van der Waals surface area contributed by atoms with E-state index in [4.69, 9.17) is 4.74 Å². The number of aromatic nitrogens is 1. The molecule has 43 heavy (non-hydrogen) atoms. The fraction of sp³-hybridized carbons (Fsp3) is 0.167. The van der Waals surface area contributed by atoms with E-state index in [1.54, 1.807) is 80.0 Å². The summed E-state index contributed by atoms with van der Waals surface area (Å²) in [7, 11) is -4.60. The number of ether oxygens (including phenoxy) is 1. The quantitative estimate of drug-likeness (QED) is 0.182. The number of nitrogens with zero attached hydrogens (tertiary/aromatic N) is 3. The number of hydrazone groups is 1. The second-order valence-corrected chi connectivity index (χ2v) is 13.2. The maximum absolute atomic E-state index is 13.6. The van der Waals surface area contributed by atoms with Crippen LogP contribution >= 0.6 is 0 Å². The molecule has 0 radical (unpaired) electrons. The molecular weight excluding hydrogens is 590 g/mol. The maximum Gasteiger partial charge on any atom is 0.271 e. The Bertz CT molecular complexity index is 1790. The number of nitrogens with one attached hydrogen (secondary N) is 2. The first-order valence-corrected chi connectivity index (χ1v) is 16.0. The van der Waals surface area contributed by atoms with E-state index in [9.17, 15) is 21.6 Å². The third-order valence-corrected chi connectivity index (χ3v) is 9.77. The lowest BCUT2D eigenvalue weighted by Crippen LogP contribution is -2.30. The Balaban J connectivity index is 1.48. The average Bonchev–Trinajstić information content (AvgIpc) is 3.04. The maximum atomic E-state index is 13.6. The summed E-state index contributed by atoms with van der Waals surface area (Å²) in [4.78, 5) is 17.1. The number of hydrogen-bond acceptors (Lipinski definition) is 8. The highest BCUT2D eigenvalue weighted by Gasteiger charge is 2.25. The van der Waals surface area contributed by atoms with Crippen LogP contribution in [0, 0.1) is 0 Å². The van der Waals surface area contributed by atoms with E-state index in [2.05, 4.69) is 20.2 Å². The number of methoxy groups -OCH3 is 1. The van der Waals surface area contributed by atoms with Crippen LogP contribution in [-0.4, -0.2) is 51.9 Å². The van der Waals surface area contributed by atoms with E-state index in [0.29, 0.717) is 28.2 Å². The van der Waals surface area contributed by atoms with Gasteiger partial charge in [0.05, 0.1) is 22.6 Å². The Morgan fingerprint density at radius 3 is 2.02 bits per heavy atom. The summed E-state index contributed by atoms with van der Waals surface area (Å²) in [6.07, 6.45) is 3.24. The monoisotopic (exact) mass is 621 g/mol. The lowest BCUT2D eigenvalue weighted by molar-refractivity contribution is 0.0954. The molecule has 11 nitrogen and oxygen atoms in total. The van der Waals surface area contributed by atoms with Gasteiger partial charge in [0, 0.05) is 31.0 Å². The van der Waals surface area contributed by atoms with Crippen molar-refractivity contribution in [2.24, 2.45) is 5.10 Å². The number of carbonyl (C=O) groups is 1. The molecule has 13 heteroatoms. The highest BCUT2D eigenvalue weighted by Crippen LogP contribution is 2.23. The first-order valence-electron chi connectivity index (χ1n) is 13.0. The van der Waals surface area contributed by atoms with Crippen LogP contribution in [0.1, 0.15) is 34.0 Å². The SMILES string of the molecule is CNS(=O)(=O)c1ccc(/C(C)=N\NC(=O)c2ccc(CN(Cc3cccnc3)S(=O)(=O)c3ccc(OC)cc3)cc2)cc1. The minimum absolute atomic E-state index is 0.0572. The summed E-state index contributed by atoms with van der Waals surface area (Å²) >= 11 is 0. The second kappa shape index (κ2) is 13.7. The topological polar surface area (TPSA) is 147 Å². The van der Waals surface area contributed by atoms with Gasteiger partial charge in [-0.05, 0) is 85.3 Å². The van der Waals surface area contributed by atoms with Crippen LogP contribution in [-0.2, 0) is 33.1 Å². The van der Waals surface area contributed by atoms with E-state index in [1.807, 2.05) is 0 Å². The summed E-state index contributed by atoms with van der Waals surface area (Å²) in [6, 6.07) is 22.4. The van der Waals surface area contributed by atoms with Crippen molar-refractivity contribution in [3.8, 4) is 5.75 Å². The van der Waals surface area contributed by atoms with Gasteiger partial charge in [-0.1, -0.05) is 30.3 Å². The Labute approximate surface area is 251 Å². The summed E-state index contributed by atoms with van der Waals surface area (Å²) in [5.74, 6) is 0.0855. The summed E-state index contributed by atoms with van der Waals surface area (Å²) in [6.45, 7) is 1.84. The zero-order valence-electron chi connectivity index (χ0n) is 23.8. The van der Waals surface area contributed by atoms with Gasteiger partial charge in [-0.2, -0.15) is 9.41 Å². The Hall–Kier alpha value is -4.43. The molecule has 0 spiro atoms. The van der Waals surface area contributed by atoms with E-state index in [1.165, 1.54) is 42.7 Å². The largest absolute Gasteiger partial charge is 0.497 e. The number of hydrogen-bond donors (Lipinski definition) is 2. The molecule has 0 aliphatic carbocycles. The fourth-order valence-corrected chi connectivity index (χ4v) is 6.19. The van der Waals surface area contributed by atoms with Gasteiger partial charge in [-0.15, -0.1) is 0 Å². The molecule has 0 aliphatic rings. The molecule has 1 heterocycles. The van der Waals surface area contributed by atoms with Gasteiger partial charge in [0.15, 0.2) is 0 Å². The third-order valence-electron chi connectivity index (χ3n) is 6.53. The zero-order valence-corrected chi connectivity index (χ0v) is 25.4. The van der Waals surface area contributed by atoms with Gasteiger partial charge in [0.2, 0.25) is 20.0 Å². The minimum atomic E-state index is -3.89. The molecule has 1 amide bonds. The molecule has 0 atom stereocenters. The van der Waals surface area contributed by atoms with Crippen LogP contribution in [0.3, 0.4) is 0 Å². The normalized spacial score (nSPS) is 12.2. The zero-order chi connectivity index (χ0) is 31.0. The van der Waals surface area contributed by atoms with Crippen molar-refractivity contribution in [2.75, 3.05) is 14.2 Å². The van der Waals surface area contributed by atoms with Crippen molar-refractivity contribution >= 4 is 31.7 Å². The molecule has 1 aromatic heterocycles. The molecule has 224 valence electrons. The van der Waals surface area contributed by atoms with Crippen molar-refractivity contribution in [3.63, 3.8) is 0 Å². The molecule has 0 unspecified atom stereocenters. The number of sulfonamides is 2. The van der Waals surface area contributed by atoms with Crippen LogP contribution in [0.4, 0.5) is 0 Å². The lowest BCUT2D eigenvalue weighted by atomic mass is 10.1. The molecule has 0 saturated heterocycles. The van der Waals surface area contributed by atoms with E-state index in [0.717, 1.165) is 5.56 Å². The van der Waals surface area contributed by atoms with E-state index >= 15 is 0 Å². The number of amides is 1. The molecule has 0 saturated carbocycles. The van der Waals surface area contributed by atoms with E-state index in [-0.39, 0.29) is 22.9 Å². The van der Waals surface area contributed by atoms with Gasteiger partial charge in [-0.25, -0.2) is 27.0 Å². The molecule has 0 aliphatic heterocycles. The van der Waals surface area contributed by atoms with Crippen molar-refractivity contribution in [1.82, 2.24) is 19.4 Å². The van der Waals surface area contributed by atoms with Crippen molar-refractivity contribution < 1.29 is 26.4 Å². The van der Waals surface area contributed by atoms with Crippen LogP contribution in [0.2, 0.25) is 0 Å². The average molecular weight is 622 g/mol. The van der Waals surface area contributed by atoms with Crippen molar-refractivity contribution in [3.05, 3.63) is 120 Å². The van der Waals surface area contributed by atoms with Crippen LogP contribution in [0.15, 0.2) is 112 Å². The van der Waals surface area contributed by atoms with Crippen molar-refractivity contribution in [1.29, 1.82) is 0 Å². The Kier molecular flexibility index (Phi) is 10.0. The van der Waals surface area contributed by atoms with Gasteiger partial charge < -0.3 is 4.74 Å². The number of benzene rings is 3. The minimum Gasteiger partial charge on any atom is -0.497 e. The first kappa shape index (κ1) is 31.5. The Morgan fingerprint density at radius 1 is 0.837 bits per heavy atom. The first-order chi connectivity index (χ1) is 20.5. The highest BCUT2D eigenvalue weighted by atomic mass is 32.2. The van der Waals surface area contributed by atoms with Gasteiger partial charge in [0.1, 0.15) is 5.75 Å². The number of rotatable bonds is 12.